The van der Waals surface area contributed by atoms with Crippen LogP contribution in [0.25, 0.3) is 11.0 Å². The molecule has 1 aromatic heterocycles. The van der Waals surface area contributed by atoms with Crippen LogP contribution in [0.2, 0.25) is 0 Å². The van der Waals surface area contributed by atoms with Crippen molar-refractivity contribution in [3.05, 3.63) is 44.5 Å². The van der Waals surface area contributed by atoms with E-state index < -0.39 is 11.1 Å². The summed E-state index contributed by atoms with van der Waals surface area (Å²) in [5.41, 5.74) is 1.24. The zero-order chi connectivity index (χ0) is 15.4. The number of hydrogen-bond acceptors (Lipinski definition) is 3. The van der Waals surface area contributed by atoms with Gasteiger partial charge in [0.15, 0.2) is 0 Å². The molecule has 5 heteroatoms. The van der Waals surface area contributed by atoms with Crippen LogP contribution in [0, 0.1) is 5.92 Å². The molecule has 1 heterocycles. The van der Waals surface area contributed by atoms with Crippen LogP contribution in [-0.2, 0) is 0 Å². The minimum atomic E-state index is -0.613. The Kier molecular flexibility index (Phi) is 4.96. The van der Waals surface area contributed by atoms with Crippen molar-refractivity contribution in [3.8, 4) is 0 Å². The van der Waals surface area contributed by atoms with Crippen LogP contribution < -0.4 is 16.4 Å². The quantitative estimate of drug-likeness (QED) is 0.714. The lowest BCUT2D eigenvalue weighted by molar-refractivity contribution is 0.449. The van der Waals surface area contributed by atoms with Gasteiger partial charge in [-0.25, -0.2) is 0 Å². The van der Waals surface area contributed by atoms with Crippen LogP contribution in [-0.4, -0.2) is 16.5 Å². The van der Waals surface area contributed by atoms with E-state index in [1.807, 2.05) is 18.2 Å². The summed E-state index contributed by atoms with van der Waals surface area (Å²) in [5, 5.41) is 3.48. The standard InChI is InChI=1S/C16H23N3O2/c1-4-17-12(7-5-10(2)3)11-6-8-13-14(9-11)19-16(21)15(20)18-13/h6,8-10,12,17H,4-5,7H2,1-3H3,(H,18,20)(H,19,21). The van der Waals surface area contributed by atoms with E-state index in [9.17, 15) is 9.59 Å². The van der Waals surface area contributed by atoms with Gasteiger partial charge < -0.3 is 15.3 Å². The fraction of sp³-hybridized carbons (Fsp3) is 0.500. The lowest BCUT2D eigenvalue weighted by Crippen LogP contribution is -2.29. The fourth-order valence-corrected chi connectivity index (χ4v) is 2.48. The molecule has 0 spiro atoms. The van der Waals surface area contributed by atoms with E-state index in [4.69, 9.17) is 0 Å². The Bertz CT molecular complexity index is 715. The number of aromatic amines is 2. The highest BCUT2D eigenvalue weighted by Gasteiger charge is 2.12. The molecule has 0 aliphatic heterocycles. The van der Waals surface area contributed by atoms with Crippen LogP contribution in [0.3, 0.4) is 0 Å². The predicted octanol–water partition coefficient (Wildman–Crippen LogP) is 2.30. The lowest BCUT2D eigenvalue weighted by Gasteiger charge is -2.19. The van der Waals surface area contributed by atoms with Gasteiger partial charge in [0.1, 0.15) is 0 Å². The summed E-state index contributed by atoms with van der Waals surface area (Å²) in [6, 6.07) is 6.06. The maximum Gasteiger partial charge on any atom is 0.314 e. The van der Waals surface area contributed by atoms with Crippen molar-refractivity contribution in [3.63, 3.8) is 0 Å². The molecule has 0 saturated carbocycles. The Morgan fingerprint density at radius 2 is 1.71 bits per heavy atom. The summed E-state index contributed by atoms with van der Waals surface area (Å²) in [5.74, 6) is 0.655. The maximum atomic E-state index is 11.4. The molecule has 0 bridgehead atoms. The van der Waals surface area contributed by atoms with Crippen molar-refractivity contribution in [1.82, 2.24) is 15.3 Å². The van der Waals surface area contributed by atoms with Gasteiger partial charge in [-0.15, -0.1) is 0 Å². The highest BCUT2D eigenvalue weighted by molar-refractivity contribution is 5.74. The van der Waals surface area contributed by atoms with Crippen LogP contribution in [0.15, 0.2) is 27.8 Å². The number of nitrogens with one attached hydrogen (secondary N) is 3. The second-order valence-electron chi connectivity index (χ2n) is 5.79. The highest BCUT2D eigenvalue weighted by atomic mass is 16.2. The van der Waals surface area contributed by atoms with E-state index in [1.54, 1.807) is 0 Å². The molecule has 0 saturated heterocycles. The second kappa shape index (κ2) is 6.72. The Balaban J connectivity index is 2.36. The number of H-pyrrole nitrogens is 2. The Labute approximate surface area is 123 Å². The third kappa shape index (κ3) is 3.82. The molecular weight excluding hydrogens is 266 g/mol. The summed E-state index contributed by atoms with van der Waals surface area (Å²) in [6.45, 7) is 7.41. The second-order valence-corrected chi connectivity index (χ2v) is 5.79. The maximum absolute atomic E-state index is 11.4. The van der Waals surface area contributed by atoms with Crippen molar-refractivity contribution in [1.29, 1.82) is 0 Å². The first kappa shape index (κ1) is 15.5. The van der Waals surface area contributed by atoms with Gasteiger partial charge in [-0.05, 0) is 43.0 Å². The summed E-state index contributed by atoms with van der Waals surface area (Å²) in [4.78, 5) is 28.0. The summed E-state index contributed by atoms with van der Waals surface area (Å²) in [7, 11) is 0. The van der Waals surface area contributed by atoms with Crippen molar-refractivity contribution < 1.29 is 0 Å². The molecule has 0 aliphatic rings. The van der Waals surface area contributed by atoms with Gasteiger partial charge >= 0.3 is 11.1 Å². The third-order valence-electron chi connectivity index (χ3n) is 3.63. The molecule has 5 nitrogen and oxygen atoms in total. The van der Waals surface area contributed by atoms with E-state index in [0.29, 0.717) is 17.0 Å². The molecule has 3 N–H and O–H groups in total. The van der Waals surface area contributed by atoms with Crippen LogP contribution in [0.4, 0.5) is 0 Å². The molecule has 0 aliphatic carbocycles. The molecule has 2 aromatic rings. The first-order chi connectivity index (χ1) is 10.0. The van der Waals surface area contributed by atoms with E-state index >= 15 is 0 Å². The zero-order valence-corrected chi connectivity index (χ0v) is 12.8. The van der Waals surface area contributed by atoms with E-state index in [1.165, 1.54) is 0 Å². The molecule has 0 radical (unpaired) electrons. The van der Waals surface area contributed by atoms with Crippen molar-refractivity contribution in [2.24, 2.45) is 5.92 Å². The number of benzene rings is 1. The van der Waals surface area contributed by atoms with Gasteiger partial charge in [-0.3, -0.25) is 9.59 Å². The van der Waals surface area contributed by atoms with E-state index in [-0.39, 0.29) is 6.04 Å². The monoisotopic (exact) mass is 289 g/mol. The molecule has 2 rings (SSSR count). The SMILES string of the molecule is CCNC(CCC(C)C)c1ccc2[nH]c(=O)c(=O)[nH]c2c1. The van der Waals surface area contributed by atoms with Gasteiger partial charge in [0.25, 0.3) is 0 Å². The van der Waals surface area contributed by atoms with Crippen LogP contribution in [0.1, 0.15) is 45.2 Å². The Morgan fingerprint density at radius 3 is 2.33 bits per heavy atom. The largest absolute Gasteiger partial charge is 0.316 e. The summed E-state index contributed by atoms with van der Waals surface area (Å²) in [6.07, 6.45) is 2.18. The number of hydrogen-bond donors (Lipinski definition) is 3. The molecular formula is C16H23N3O2. The minimum absolute atomic E-state index is 0.261. The average molecular weight is 289 g/mol. The van der Waals surface area contributed by atoms with Crippen molar-refractivity contribution in [2.45, 2.75) is 39.7 Å². The van der Waals surface area contributed by atoms with Crippen LogP contribution >= 0.6 is 0 Å². The van der Waals surface area contributed by atoms with Gasteiger partial charge in [0, 0.05) is 6.04 Å². The molecule has 114 valence electrons. The molecule has 1 unspecified atom stereocenters. The highest BCUT2D eigenvalue weighted by Crippen LogP contribution is 2.23. The predicted molar refractivity (Wildman–Crippen MR) is 85.7 cm³/mol. The zero-order valence-electron chi connectivity index (χ0n) is 12.8. The fourth-order valence-electron chi connectivity index (χ4n) is 2.48. The lowest BCUT2D eigenvalue weighted by atomic mass is 9.97. The minimum Gasteiger partial charge on any atom is -0.316 e. The van der Waals surface area contributed by atoms with E-state index in [0.717, 1.165) is 24.9 Å². The molecule has 21 heavy (non-hydrogen) atoms. The van der Waals surface area contributed by atoms with Gasteiger partial charge in [0.05, 0.1) is 11.0 Å². The average Bonchev–Trinajstić information content (AvgIpc) is 2.44. The normalized spacial score (nSPS) is 13.0. The molecule has 1 atom stereocenters. The van der Waals surface area contributed by atoms with Gasteiger partial charge in [0.2, 0.25) is 0 Å². The first-order valence-corrected chi connectivity index (χ1v) is 7.51. The summed E-state index contributed by atoms with van der Waals surface area (Å²) >= 11 is 0. The molecule has 0 amide bonds. The van der Waals surface area contributed by atoms with Crippen LogP contribution in [0.5, 0.6) is 0 Å². The summed E-state index contributed by atoms with van der Waals surface area (Å²) < 4.78 is 0. The van der Waals surface area contributed by atoms with Crippen molar-refractivity contribution >= 4 is 11.0 Å². The topological polar surface area (TPSA) is 77.8 Å². The molecule has 1 aromatic carbocycles. The molecule has 0 fully saturated rings. The Morgan fingerprint density at radius 1 is 1.05 bits per heavy atom. The van der Waals surface area contributed by atoms with Crippen molar-refractivity contribution in [2.75, 3.05) is 6.54 Å². The van der Waals surface area contributed by atoms with Gasteiger partial charge in [-0.1, -0.05) is 26.8 Å². The first-order valence-electron chi connectivity index (χ1n) is 7.51. The van der Waals surface area contributed by atoms with Gasteiger partial charge in [-0.2, -0.15) is 0 Å². The number of aromatic nitrogens is 2. The third-order valence-corrected chi connectivity index (χ3v) is 3.63. The number of rotatable bonds is 6. The Hall–Kier alpha value is -1.88. The van der Waals surface area contributed by atoms with E-state index in [2.05, 4.69) is 36.1 Å². The number of fused-ring (bicyclic) bond motifs is 1. The smallest absolute Gasteiger partial charge is 0.314 e.